The SMILES string of the molecule is CCNC(=NCCc1cccc(F)c1)NCCn1ccnc1.I. The van der Waals surface area contributed by atoms with Gasteiger partial charge in [0, 0.05) is 38.6 Å². The van der Waals surface area contributed by atoms with Crippen LogP contribution in [0.5, 0.6) is 0 Å². The van der Waals surface area contributed by atoms with E-state index in [0.717, 1.165) is 37.6 Å². The Hall–Kier alpha value is -1.64. The quantitative estimate of drug-likeness (QED) is 0.403. The molecule has 5 nitrogen and oxygen atoms in total. The number of nitrogens with one attached hydrogen (secondary N) is 2. The highest BCUT2D eigenvalue weighted by Gasteiger charge is 1.98. The molecule has 0 fully saturated rings. The first kappa shape index (κ1) is 19.4. The first-order valence-electron chi connectivity index (χ1n) is 7.50. The Kier molecular flexibility index (Phi) is 9.27. The fourth-order valence-corrected chi connectivity index (χ4v) is 2.05. The van der Waals surface area contributed by atoms with E-state index in [9.17, 15) is 4.39 Å². The number of imidazole rings is 1. The van der Waals surface area contributed by atoms with Crippen molar-refractivity contribution in [1.82, 2.24) is 20.2 Å². The molecule has 0 bridgehead atoms. The summed E-state index contributed by atoms with van der Waals surface area (Å²) in [4.78, 5) is 8.51. The third-order valence-corrected chi connectivity index (χ3v) is 3.13. The van der Waals surface area contributed by atoms with Crippen LogP contribution in [0.2, 0.25) is 0 Å². The van der Waals surface area contributed by atoms with Crippen molar-refractivity contribution in [1.29, 1.82) is 0 Å². The molecule has 0 amide bonds. The van der Waals surface area contributed by atoms with Crippen molar-refractivity contribution < 1.29 is 4.39 Å². The van der Waals surface area contributed by atoms with Crippen LogP contribution < -0.4 is 10.6 Å². The lowest BCUT2D eigenvalue weighted by atomic mass is 10.1. The minimum Gasteiger partial charge on any atom is -0.357 e. The van der Waals surface area contributed by atoms with Crippen LogP contribution in [-0.4, -0.2) is 35.1 Å². The van der Waals surface area contributed by atoms with Gasteiger partial charge in [-0.2, -0.15) is 0 Å². The third-order valence-electron chi connectivity index (χ3n) is 3.13. The van der Waals surface area contributed by atoms with Crippen LogP contribution in [0.15, 0.2) is 48.0 Å². The van der Waals surface area contributed by atoms with E-state index in [4.69, 9.17) is 0 Å². The summed E-state index contributed by atoms with van der Waals surface area (Å²) in [6.45, 7) is 5.04. The van der Waals surface area contributed by atoms with Crippen LogP contribution >= 0.6 is 24.0 Å². The van der Waals surface area contributed by atoms with Gasteiger partial charge in [-0.1, -0.05) is 12.1 Å². The maximum absolute atomic E-state index is 13.1. The predicted molar refractivity (Wildman–Crippen MR) is 102 cm³/mol. The molecule has 1 aromatic carbocycles. The fourth-order valence-electron chi connectivity index (χ4n) is 2.05. The van der Waals surface area contributed by atoms with Gasteiger partial charge in [-0.25, -0.2) is 9.37 Å². The molecule has 0 atom stereocenters. The standard InChI is InChI=1S/C16H22FN5.HI/c1-2-19-16(21-9-11-22-10-8-18-13-22)20-7-6-14-4-3-5-15(17)12-14;/h3-5,8,10,12-13H,2,6-7,9,11H2,1H3,(H2,19,20,21);1H. The number of nitrogens with zero attached hydrogens (tertiary/aromatic N) is 3. The summed E-state index contributed by atoms with van der Waals surface area (Å²) in [5.74, 6) is 0.575. The zero-order valence-electron chi connectivity index (χ0n) is 13.2. The Bertz CT molecular complexity index is 586. The molecular formula is C16H23FIN5. The van der Waals surface area contributed by atoms with E-state index in [1.54, 1.807) is 24.7 Å². The van der Waals surface area contributed by atoms with Crippen molar-refractivity contribution in [3.05, 3.63) is 54.4 Å². The van der Waals surface area contributed by atoms with Crippen molar-refractivity contribution in [2.45, 2.75) is 19.9 Å². The van der Waals surface area contributed by atoms with Crippen molar-refractivity contribution in [3.8, 4) is 0 Å². The molecule has 2 rings (SSSR count). The number of aromatic nitrogens is 2. The Balaban J connectivity index is 0.00000264. The number of guanidine groups is 1. The Labute approximate surface area is 153 Å². The molecule has 0 saturated carbocycles. The van der Waals surface area contributed by atoms with Gasteiger partial charge in [0.2, 0.25) is 0 Å². The highest BCUT2D eigenvalue weighted by atomic mass is 127. The van der Waals surface area contributed by atoms with E-state index < -0.39 is 0 Å². The fraction of sp³-hybridized carbons (Fsp3) is 0.375. The third kappa shape index (κ3) is 7.45. The molecule has 1 aromatic heterocycles. The Morgan fingerprint density at radius 3 is 2.91 bits per heavy atom. The molecule has 0 aliphatic carbocycles. The van der Waals surface area contributed by atoms with Crippen LogP contribution in [-0.2, 0) is 13.0 Å². The van der Waals surface area contributed by atoms with Gasteiger partial charge in [0.25, 0.3) is 0 Å². The average Bonchev–Trinajstić information content (AvgIpc) is 3.01. The van der Waals surface area contributed by atoms with Gasteiger partial charge in [0.15, 0.2) is 5.96 Å². The number of hydrogen-bond donors (Lipinski definition) is 2. The predicted octanol–water partition coefficient (Wildman–Crippen LogP) is 2.44. The van der Waals surface area contributed by atoms with Crippen molar-refractivity contribution in [2.75, 3.05) is 19.6 Å². The summed E-state index contributed by atoms with van der Waals surface area (Å²) < 4.78 is 15.1. The normalized spacial score (nSPS) is 11.0. The zero-order chi connectivity index (χ0) is 15.6. The van der Waals surface area contributed by atoms with Crippen molar-refractivity contribution >= 4 is 29.9 Å². The van der Waals surface area contributed by atoms with E-state index in [0.29, 0.717) is 6.54 Å². The lowest BCUT2D eigenvalue weighted by Crippen LogP contribution is -2.39. The number of aliphatic imine (C=N–C) groups is 1. The van der Waals surface area contributed by atoms with E-state index in [1.165, 1.54) is 6.07 Å². The highest BCUT2D eigenvalue weighted by Crippen LogP contribution is 2.04. The van der Waals surface area contributed by atoms with Crippen LogP contribution in [0.4, 0.5) is 4.39 Å². The summed E-state index contributed by atoms with van der Waals surface area (Å²) in [7, 11) is 0. The molecule has 0 saturated heterocycles. The first-order valence-corrected chi connectivity index (χ1v) is 7.50. The monoisotopic (exact) mass is 431 g/mol. The van der Waals surface area contributed by atoms with Gasteiger partial charge in [-0.15, -0.1) is 24.0 Å². The maximum Gasteiger partial charge on any atom is 0.191 e. The van der Waals surface area contributed by atoms with Gasteiger partial charge in [-0.05, 0) is 31.0 Å². The van der Waals surface area contributed by atoms with E-state index >= 15 is 0 Å². The maximum atomic E-state index is 13.1. The molecule has 0 radical (unpaired) electrons. The largest absolute Gasteiger partial charge is 0.357 e. The Morgan fingerprint density at radius 2 is 2.22 bits per heavy atom. The smallest absolute Gasteiger partial charge is 0.191 e. The van der Waals surface area contributed by atoms with Crippen LogP contribution in [0.3, 0.4) is 0 Å². The minimum absolute atomic E-state index is 0. The lowest BCUT2D eigenvalue weighted by Gasteiger charge is -2.11. The molecule has 0 unspecified atom stereocenters. The highest BCUT2D eigenvalue weighted by molar-refractivity contribution is 14.0. The average molecular weight is 431 g/mol. The van der Waals surface area contributed by atoms with Gasteiger partial charge in [-0.3, -0.25) is 4.99 Å². The van der Waals surface area contributed by atoms with E-state index in [2.05, 4.69) is 20.6 Å². The Morgan fingerprint density at radius 1 is 1.35 bits per heavy atom. The molecular weight excluding hydrogens is 408 g/mol. The van der Waals surface area contributed by atoms with Gasteiger partial charge in [0.05, 0.1) is 6.33 Å². The number of hydrogen-bond acceptors (Lipinski definition) is 2. The molecule has 23 heavy (non-hydrogen) atoms. The first-order chi connectivity index (χ1) is 10.8. The number of rotatable bonds is 7. The van der Waals surface area contributed by atoms with E-state index in [-0.39, 0.29) is 29.8 Å². The molecule has 7 heteroatoms. The molecule has 0 aliphatic rings. The van der Waals surface area contributed by atoms with Crippen LogP contribution in [0.1, 0.15) is 12.5 Å². The second-order valence-corrected chi connectivity index (χ2v) is 4.87. The molecule has 2 N–H and O–H groups in total. The molecule has 126 valence electrons. The summed E-state index contributed by atoms with van der Waals surface area (Å²) in [6.07, 6.45) is 6.19. The van der Waals surface area contributed by atoms with E-state index in [1.807, 2.05) is 23.8 Å². The number of halogens is 2. The van der Waals surface area contributed by atoms with Crippen molar-refractivity contribution in [2.24, 2.45) is 4.99 Å². The lowest BCUT2D eigenvalue weighted by molar-refractivity contribution is 0.625. The van der Waals surface area contributed by atoms with Gasteiger partial charge < -0.3 is 15.2 Å². The molecule has 1 heterocycles. The summed E-state index contributed by atoms with van der Waals surface area (Å²) in [5.41, 5.74) is 0.956. The van der Waals surface area contributed by atoms with Crippen LogP contribution in [0.25, 0.3) is 0 Å². The summed E-state index contributed by atoms with van der Waals surface area (Å²) in [5, 5.41) is 6.47. The van der Waals surface area contributed by atoms with Gasteiger partial charge in [0.1, 0.15) is 5.82 Å². The van der Waals surface area contributed by atoms with Crippen molar-refractivity contribution in [3.63, 3.8) is 0 Å². The number of benzene rings is 1. The molecule has 0 aliphatic heterocycles. The summed E-state index contributed by atoms with van der Waals surface area (Å²) >= 11 is 0. The zero-order valence-corrected chi connectivity index (χ0v) is 15.5. The second-order valence-electron chi connectivity index (χ2n) is 4.87. The van der Waals surface area contributed by atoms with Gasteiger partial charge >= 0.3 is 0 Å². The van der Waals surface area contributed by atoms with Crippen LogP contribution in [0, 0.1) is 5.82 Å². The minimum atomic E-state index is -0.202. The topological polar surface area (TPSA) is 54.2 Å². The molecule has 0 spiro atoms. The second kappa shape index (κ2) is 11.0. The molecule has 2 aromatic rings. The summed E-state index contributed by atoms with van der Waals surface area (Å²) in [6, 6.07) is 6.64.